The molecule has 176 valence electrons. The molecule has 0 bridgehead atoms. The van der Waals surface area contributed by atoms with Gasteiger partial charge >= 0.3 is 0 Å². The smallest absolute Gasteiger partial charge is 0.274 e. The van der Waals surface area contributed by atoms with E-state index in [1.807, 2.05) is 12.1 Å². The van der Waals surface area contributed by atoms with Crippen LogP contribution >= 0.6 is 11.6 Å². The van der Waals surface area contributed by atoms with E-state index in [0.29, 0.717) is 39.8 Å². The van der Waals surface area contributed by atoms with E-state index in [-0.39, 0.29) is 11.4 Å². The Labute approximate surface area is 200 Å². The van der Waals surface area contributed by atoms with Crippen LogP contribution in [0.15, 0.2) is 41.6 Å². The van der Waals surface area contributed by atoms with Gasteiger partial charge in [0.05, 0.1) is 11.1 Å². The minimum atomic E-state index is -0.309. The van der Waals surface area contributed by atoms with Crippen molar-refractivity contribution in [3.8, 4) is 0 Å². The summed E-state index contributed by atoms with van der Waals surface area (Å²) in [5.74, 6) is 0.283. The monoisotopic (exact) mass is 481 g/mol. The second kappa shape index (κ2) is 8.02. The summed E-state index contributed by atoms with van der Waals surface area (Å²) in [4.78, 5) is 14.9. The first-order valence-corrected chi connectivity index (χ1v) is 11.9. The summed E-state index contributed by atoms with van der Waals surface area (Å²) < 4.78 is 17.1. The lowest BCUT2D eigenvalue weighted by atomic mass is 9.56. The van der Waals surface area contributed by atoms with Gasteiger partial charge in [0.2, 0.25) is 0 Å². The topological polar surface area (TPSA) is 80.3 Å². The van der Waals surface area contributed by atoms with E-state index in [9.17, 15) is 9.18 Å². The number of benzene rings is 1. The molecule has 0 atom stereocenters. The zero-order chi connectivity index (χ0) is 23.4. The molecule has 34 heavy (non-hydrogen) atoms. The lowest BCUT2D eigenvalue weighted by Gasteiger charge is -2.59. The van der Waals surface area contributed by atoms with E-state index in [4.69, 9.17) is 11.6 Å². The van der Waals surface area contributed by atoms with Crippen molar-refractivity contribution in [1.29, 1.82) is 0 Å². The van der Waals surface area contributed by atoms with Gasteiger partial charge in [0.15, 0.2) is 16.6 Å². The number of fused-ring (bicyclic) bond motifs is 2. The molecule has 1 spiro atoms. The van der Waals surface area contributed by atoms with Crippen LogP contribution < -0.4 is 10.9 Å². The van der Waals surface area contributed by atoms with Crippen LogP contribution in [0.4, 0.5) is 10.1 Å². The van der Waals surface area contributed by atoms with Crippen LogP contribution in [0.5, 0.6) is 0 Å². The first kappa shape index (κ1) is 21.5. The van der Waals surface area contributed by atoms with Gasteiger partial charge in [-0.05, 0) is 42.2 Å². The Kier molecular flexibility index (Phi) is 5.07. The predicted octanol–water partition coefficient (Wildman–Crippen LogP) is 3.14. The molecule has 1 saturated carbocycles. The Bertz CT molecular complexity index is 1450. The zero-order valence-electron chi connectivity index (χ0n) is 18.8. The summed E-state index contributed by atoms with van der Waals surface area (Å²) in [6.07, 6.45) is 6.16. The van der Waals surface area contributed by atoms with Gasteiger partial charge in [0.1, 0.15) is 6.33 Å². The van der Waals surface area contributed by atoms with Crippen molar-refractivity contribution in [1.82, 2.24) is 29.3 Å². The standard InChI is InChI=1S/C24H25ClFN7O/c1-31-23(34)17-4-2-3-16(21(17)22(25)30-31)7-15-9-24(10-15)12-32(13-24)6-5-27-19-8-20-29-28-14-33(20)11-18(19)26/h2-4,8,11,14-15,27H,5-7,9-10,12-13H2,1H3. The lowest BCUT2D eigenvalue weighted by Crippen LogP contribution is -2.63. The highest BCUT2D eigenvalue weighted by atomic mass is 35.5. The van der Waals surface area contributed by atoms with Crippen LogP contribution in [0.3, 0.4) is 0 Å². The lowest BCUT2D eigenvalue weighted by molar-refractivity contribution is -0.0915. The summed E-state index contributed by atoms with van der Waals surface area (Å²) in [5.41, 5.74) is 2.47. The molecule has 1 aromatic carbocycles. The summed E-state index contributed by atoms with van der Waals surface area (Å²) in [5, 5.41) is 16.9. The fraction of sp³-hybridized carbons (Fsp3) is 0.417. The van der Waals surface area contributed by atoms with Crippen LogP contribution in [0, 0.1) is 17.2 Å². The number of halogens is 2. The van der Waals surface area contributed by atoms with Gasteiger partial charge in [-0.1, -0.05) is 23.7 Å². The van der Waals surface area contributed by atoms with Gasteiger partial charge in [-0.3, -0.25) is 9.20 Å². The Balaban J connectivity index is 1.02. The molecule has 2 fully saturated rings. The van der Waals surface area contributed by atoms with Crippen molar-refractivity contribution in [2.75, 3.05) is 31.5 Å². The minimum Gasteiger partial charge on any atom is -0.381 e. The molecule has 2 aliphatic rings. The number of nitrogens with zero attached hydrogens (tertiary/aromatic N) is 6. The first-order chi connectivity index (χ1) is 16.4. The summed E-state index contributed by atoms with van der Waals surface area (Å²) in [6.45, 7) is 3.71. The summed E-state index contributed by atoms with van der Waals surface area (Å²) in [6, 6.07) is 7.51. The molecule has 1 N–H and O–H groups in total. The molecule has 0 radical (unpaired) electrons. The molecule has 0 amide bonds. The number of hydrogen-bond donors (Lipinski definition) is 1. The zero-order valence-corrected chi connectivity index (χ0v) is 19.6. The maximum absolute atomic E-state index is 14.2. The molecule has 1 saturated heterocycles. The van der Waals surface area contributed by atoms with Crippen LogP contribution in [-0.2, 0) is 13.5 Å². The van der Waals surface area contributed by atoms with Crippen molar-refractivity contribution in [2.24, 2.45) is 18.4 Å². The third kappa shape index (κ3) is 3.63. The highest BCUT2D eigenvalue weighted by Crippen LogP contribution is 2.53. The van der Waals surface area contributed by atoms with Crippen LogP contribution in [0.25, 0.3) is 16.4 Å². The molecular formula is C24H25ClFN7O. The van der Waals surface area contributed by atoms with E-state index in [1.165, 1.54) is 30.0 Å². The normalized spacial score (nSPS) is 17.9. The fourth-order valence-electron chi connectivity index (χ4n) is 5.86. The third-order valence-corrected chi connectivity index (χ3v) is 7.58. The van der Waals surface area contributed by atoms with E-state index in [0.717, 1.165) is 37.0 Å². The maximum atomic E-state index is 14.2. The molecule has 4 aromatic rings. The van der Waals surface area contributed by atoms with Crippen LogP contribution in [0.2, 0.25) is 5.15 Å². The summed E-state index contributed by atoms with van der Waals surface area (Å²) >= 11 is 6.41. The molecular weight excluding hydrogens is 457 g/mol. The molecule has 0 unspecified atom stereocenters. The van der Waals surface area contributed by atoms with Gasteiger partial charge in [0, 0.05) is 50.9 Å². The van der Waals surface area contributed by atoms with Crippen molar-refractivity contribution in [3.05, 3.63) is 63.7 Å². The molecule has 10 heteroatoms. The number of pyridine rings is 1. The molecule has 8 nitrogen and oxygen atoms in total. The Morgan fingerprint density at radius 3 is 2.94 bits per heavy atom. The second-order valence-corrected chi connectivity index (χ2v) is 10.2. The SMILES string of the molecule is Cn1nc(Cl)c2c(CC3CC4(C3)CN(CCNc3cc5nncn5cc3F)C4)cccc2c1=O. The molecule has 6 rings (SSSR count). The Hall–Kier alpha value is -3.04. The van der Waals surface area contributed by atoms with Gasteiger partial charge in [-0.25, -0.2) is 9.07 Å². The van der Waals surface area contributed by atoms with Crippen LogP contribution in [0.1, 0.15) is 18.4 Å². The van der Waals surface area contributed by atoms with Crippen molar-refractivity contribution in [2.45, 2.75) is 19.3 Å². The fourth-order valence-corrected chi connectivity index (χ4v) is 6.20. The summed E-state index contributed by atoms with van der Waals surface area (Å²) in [7, 11) is 1.62. The van der Waals surface area contributed by atoms with E-state index >= 15 is 0 Å². The van der Waals surface area contributed by atoms with E-state index < -0.39 is 0 Å². The van der Waals surface area contributed by atoms with Gasteiger partial charge in [-0.15, -0.1) is 10.2 Å². The number of aromatic nitrogens is 5. The van der Waals surface area contributed by atoms with Crippen molar-refractivity contribution >= 4 is 33.7 Å². The van der Waals surface area contributed by atoms with Gasteiger partial charge in [0.25, 0.3) is 5.56 Å². The number of hydrogen-bond acceptors (Lipinski definition) is 6. The maximum Gasteiger partial charge on any atom is 0.274 e. The Morgan fingerprint density at radius 1 is 1.29 bits per heavy atom. The number of rotatable bonds is 6. The second-order valence-electron chi connectivity index (χ2n) is 9.81. The molecule has 4 heterocycles. The quantitative estimate of drug-likeness (QED) is 0.456. The number of aryl methyl sites for hydroxylation is 1. The van der Waals surface area contributed by atoms with E-state index in [1.54, 1.807) is 17.5 Å². The minimum absolute atomic E-state index is 0.115. The van der Waals surface area contributed by atoms with Gasteiger partial charge < -0.3 is 10.2 Å². The predicted molar refractivity (Wildman–Crippen MR) is 129 cm³/mol. The number of likely N-dealkylation sites (tertiary alicyclic amines) is 1. The van der Waals surface area contributed by atoms with Crippen molar-refractivity contribution in [3.63, 3.8) is 0 Å². The van der Waals surface area contributed by atoms with E-state index in [2.05, 4.69) is 31.6 Å². The first-order valence-electron chi connectivity index (χ1n) is 11.5. The average Bonchev–Trinajstić information content (AvgIpc) is 3.21. The molecule has 3 aromatic heterocycles. The number of nitrogens with one attached hydrogen (secondary N) is 1. The Morgan fingerprint density at radius 2 is 2.12 bits per heavy atom. The molecule has 1 aliphatic carbocycles. The highest BCUT2D eigenvalue weighted by Gasteiger charge is 2.51. The third-order valence-electron chi connectivity index (χ3n) is 7.32. The average molecular weight is 482 g/mol. The van der Waals surface area contributed by atoms with Crippen LogP contribution in [-0.4, -0.2) is 55.5 Å². The molecule has 1 aliphatic heterocycles. The largest absolute Gasteiger partial charge is 0.381 e. The van der Waals surface area contributed by atoms with Gasteiger partial charge in [-0.2, -0.15) is 5.10 Å². The van der Waals surface area contributed by atoms with Crippen molar-refractivity contribution < 1.29 is 4.39 Å². The highest BCUT2D eigenvalue weighted by molar-refractivity contribution is 6.34. The number of anilines is 1.